The van der Waals surface area contributed by atoms with Gasteiger partial charge in [-0.3, -0.25) is 9.69 Å². The van der Waals surface area contributed by atoms with Gasteiger partial charge in [0.25, 0.3) is 5.91 Å². The molecule has 2 saturated heterocycles. The van der Waals surface area contributed by atoms with E-state index in [1.54, 1.807) is 24.7 Å². The Balaban J connectivity index is 1.31. The zero-order valence-corrected chi connectivity index (χ0v) is 21.1. The molecule has 2 fully saturated rings. The van der Waals surface area contributed by atoms with Gasteiger partial charge >= 0.3 is 0 Å². The second-order valence-electron chi connectivity index (χ2n) is 10.6. The number of hydrogen-bond donors (Lipinski definition) is 1. The first-order valence-corrected chi connectivity index (χ1v) is 12.9. The zero-order valence-electron chi connectivity index (χ0n) is 21.1. The summed E-state index contributed by atoms with van der Waals surface area (Å²) in [6, 6.07) is 14.8. The van der Waals surface area contributed by atoms with Crippen molar-refractivity contribution in [1.82, 2.24) is 19.4 Å². The first kappa shape index (κ1) is 24.7. The number of carbonyl (C=O) groups excluding carboxylic acids is 1. The molecule has 1 N–H and O–H groups in total. The standard InChI is InChI=1S/C29H35FN4O2/c1-21(25-6-3-4-7-26(25)22-8-10-23(30)11-9-22)34-20-31-18-27(34)28(35)32-16-12-24(13-17-32)33-15-5-14-29(2,36)19-33/h3-4,6-11,18,20-21,24,36H,5,12-17,19H2,1-2H3/t21-,29?/m0/s1. The van der Waals surface area contributed by atoms with Crippen LogP contribution in [0.4, 0.5) is 4.39 Å². The molecular formula is C29H35FN4O2. The molecule has 3 heterocycles. The van der Waals surface area contributed by atoms with Gasteiger partial charge < -0.3 is 14.6 Å². The molecule has 0 radical (unpaired) electrons. The van der Waals surface area contributed by atoms with Crippen molar-refractivity contribution >= 4 is 5.91 Å². The Labute approximate surface area is 212 Å². The Morgan fingerprint density at radius 2 is 1.83 bits per heavy atom. The molecule has 0 bridgehead atoms. The molecule has 7 heteroatoms. The molecule has 2 atom stereocenters. The van der Waals surface area contributed by atoms with E-state index in [-0.39, 0.29) is 17.8 Å². The summed E-state index contributed by atoms with van der Waals surface area (Å²) in [6.45, 7) is 7.13. The number of hydrogen-bond acceptors (Lipinski definition) is 4. The van der Waals surface area contributed by atoms with E-state index in [1.165, 1.54) is 12.1 Å². The summed E-state index contributed by atoms with van der Waals surface area (Å²) in [7, 11) is 0. The van der Waals surface area contributed by atoms with Crippen molar-refractivity contribution in [3.63, 3.8) is 0 Å². The Morgan fingerprint density at radius 1 is 1.11 bits per heavy atom. The number of aliphatic hydroxyl groups is 1. The minimum absolute atomic E-state index is 0.00250. The first-order chi connectivity index (χ1) is 17.3. The topological polar surface area (TPSA) is 61.6 Å². The fourth-order valence-corrected chi connectivity index (χ4v) is 5.85. The van der Waals surface area contributed by atoms with Crippen LogP contribution in [0.25, 0.3) is 11.1 Å². The van der Waals surface area contributed by atoms with Crippen molar-refractivity contribution in [2.24, 2.45) is 0 Å². The van der Waals surface area contributed by atoms with Crippen molar-refractivity contribution in [2.45, 2.75) is 57.2 Å². The van der Waals surface area contributed by atoms with E-state index in [0.29, 0.717) is 31.4 Å². The third-order valence-electron chi connectivity index (χ3n) is 7.84. The van der Waals surface area contributed by atoms with E-state index in [2.05, 4.69) is 22.9 Å². The van der Waals surface area contributed by atoms with Gasteiger partial charge in [0.05, 0.1) is 24.2 Å². The molecule has 36 heavy (non-hydrogen) atoms. The molecular weight excluding hydrogens is 455 g/mol. The lowest BCUT2D eigenvalue weighted by molar-refractivity contribution is -0.0381. The molecule has 2 aliphatic heterocycles. The Hall–Kier alpha value is -3.03. The van der Waals surface area contributed by atoms with Gasteiger partial charge in [-0.05, 0) is 74.9 Å². The highest BCUT2D eigenvalue weighted by Gasteiger charge is 2.35. The van der Waals surface area contributed by atoms with E-state index in [4.69, 9.17) is 0 Å². The van der Waals surface area contributed by atoms with Crippen LogP contribution in [0.2, 0.25) is 0 Å². The Kier molecular flexibility index (Phi) is 6.95. The summed E-state index contributed by atoms with van der Waals surface area (Å²) in [5.74, 6) is -0.260. The van der Waals surface area contributed by atoms with Crippen molar-refractivity contribution < 1.29 is 14.3 Å². The number of aromatic nitrogens is 2. The van der Waals surface area contributed by atoms with Gasteiger partial charge in [0.15, 0.2) is 0 Å². The predicted octanol–water partition coefficient (Wildman–Crippen LogP) is 4.75. The minimum atomic E-state index is -0.613. The van der Waals surface area contributed by atoms with Crippen LogP contribution in [-0.4, -0.2) is 68.2 Å². The lowest BCUT2D eigenvalue weighted by atomic mass is 9.92. The molecule has 1 amide bonds. The van der Waals surface area contributed by atoms with Crippen LogP contribution < -0.4 is 0 Å². The van der Waals surface area contributed by atoms with Crippen molar-refractivity contribution in [2.75, 3.05) is 26.2 Å². The first-order valence-electron chi connectivity index (χ1n) is 12.9. The third-order valence-corrected chi connectivity index (χ3v) is 7.84. The van der Waals surface area contributed by atoms with Crippen LogP contribution in [0, 0.1) is 5.82 Å². The number of amides is 1. The lowest BCUT2D eigenvalue weighted by Gasteiger charge is -2.44. The molecule has 3 aromatic rings. The molecule has 0 saturated carbocycles. The molecule has 1 aromatic heterocycles. The highest BCUT2D eigenvalue weighted by Crippen LogP contribution is 2.32. The molecule has 0 spiro atoms. The zero-order chi connectivity index (χ0) is 25.3. The van der Waals surface area contributed by atoms with Crippen LogP contribution >= 0.6 is 0 Å². The van der Waals surface area contributed by atoms with Crippen LogP contribution in [0.3, 0.4) is 0 Å². The lowest BCUT2D eigenvalue weighted by Crippen LogP contribution is -2.53. The van der Waals surface area contributed by atoms with Crippen molar-refractivity contribution in [3.05, 3.63) is 78.1 Å². The summed E-state index contributed by atoms with van der Waals surface area (Å²) < 4.78 is 15.4. The van der Waals surface area contributed by atoms with Gasteiger partial charge in [0.2, 0.25) is 0 Å². The van der Waals surface area contributed by atoms with Gasteiger partial charge in [-0.25, -0.2) is 9.37 Å². The minimum Gasteiger partial charge on any atom is -0.389 e. The number of carbonyl (C=O) groups is 1. The average molecular weight is 491 g/mol. The van der Waals surface area contributed by atoms with Crippen LogP contribution in [-0.2, 0) is 0 Å². The number of halogens is 1. The number of likely N-dealkylation sites (tertiary alicyclic amines) is 2. The number of rotatable bonds is 5. The summed E-state index contributed by atoms with van der Waals surface area (Å²) in [5.41, 5.74) is 2.96. The summed E-state index contributed by atoms with van der Waals surface area (Å²) in [6.07, 6.45) is 7.09. The third kappa shape index (κ3) is 5.08. The largest absolute Gasteiger partial charge is 0.389 e. The fraction of sp³-hybridized carbons (Fsp3) is 0.448. The van der Waals surface area contributed by atoms with E-state index in [1.807, 2.05) is 34.6 Å². The molecule has 190 valence electrons. The predicted molar refractivity (Wildman–Crippen MR) is 138 cm³/mol. The maximum Gasteiger partial charge on any atom is 0.272 e. The maximum atomic E-state index is 13.6. The smallest absolute Gasteiger partial charge is 0.272 e. The van der Waals surface area contributed by atoms with Gasteiger partial charge in [0, 0.05) is 25.7 Å². The Morgan fingerprint density at radius 3 is 2.56 bits per heavy atom. The monoisotopic (exact) mass is 490 g/mol. The van der Waals surface area contributed by atoms with Gasteiger partial charge in [0.1, 0.15) is 11.5 Å². The quantitative estimate of drug-likeness (QED) is 0.561. The highest BCUT2D eigenvalue weighted by molar-refractivity contribution is 5.92. The average Bonchev–Trinajstić information content (AvgIpc) is 3.38. The van der Waals surface area contributed by atoms with Gasteiger partial charge in [-0.2, -0.15) is 0 Å². The normalized spacial score (nSPS) is 22.5. The molecule has 0 aliphatic carbocycles. The number of nitrogens with zero attached hydrogens (tertiary/aromatic N) is 4. The Bertz CT molecular complexity index is 1200. The van der Waals surface area contributed by atoms with Gasteiger partial charge in [-0.1, -0.05) is 36.4 Å². The fourth-order valence-electron chi connectivity index (χ4n) is 5.85. The SMILES string of the molecule is C[C@@H](c1ccccc1-c1ccc(F)cc1)n1cncc1C(=O)N1CCC(N2CCCC(C)(O)C2)CC1. The van der Waals surface area contributed by atoms with E-state index in [9.17, 15) is 14.3 Å². The second-order valence-corrected chi connectivity index (χ2v) is 10.6. The molecule has 1 unspecified atom stereocenters. The molecule has 2 aliphatic rings. The molecule has 2 aromatic carbocycles. The summed E-state index contributed by atoms with van der Waals surface area (Å²) in [4.78, 5) is 22.2. The summed E-state index contributed by atoms with van der Waals surface area (Å²) >= 11 is 0. The maximum absolute atomic E-state index is 13.6. The van der Waals surface area contributed by atoms with Crippen LogP contribution in [0.5, 0.6) is 0 Å². The number of piperidine rings is 2. The second kappa shape index (κ2) is 10.1. The molecule has 6 nitrogen and oxygen atoms in total. The van der Waals surface area contributed by atoms with Crippen LogP contribution in [0.1, 0.15) is 61.6 Å². The number of β-amino-alcohol motifs (C(OH)–C–C–N with tert-alkyl or cyclic N) is 1. The molecule has 5 rings (SSSR count). The highest BCUT2D eigenvalue weighted by atomic mass is 19.1. The van der Waals surface area contributed by atoms with Crippen molar-refractivity contribution in [3.8, 4) is 11.1 Å². The van der Waals surface area contributed by atoms with Gasteiger partial charge in [-0.15, -0.1) is 0 Å². The number of imidazole rings is 1. The van der Waals surface area contributed by atoms with Crippen molar-refractivity contribution in [1.29, 1.82) is 0 Å². The van der Waals surface area contributed by atoms with E-state index < -0.39 is 5.60 Å². The van der Waals surface area contributed by atoms with E-state index >= 15 is 0 Å². The van der Waals surface area contributed by atoms with Crippen LogP contribution in [0.15, 0.2) is 61.1 Å². The van der Waals surface area contributed by atoms with E-state index in [0.717, 1.165) is 48.9 Å². The number of benzene rings is 2. The summed E-state index contributed by atoms with van der Waals surface area (Å²) in [5, 5.41) is 10.5.